The molecule has 2 rings (SSSR count). The van der Waals surface area contributed by atoms with Crippen molar-refractivity contribution in [1.82, 2.24) is 0 Å². The first-order valence-electron chi connectivity index (χ1n) is 7.46. The summed E-state index contributed by atoms with van der Waals surface area (Å²) in [5.41, 5.74) is -0.577. The number of halogens is 3. The van der Waals surface area contributed by atoms with Crippen LogP contribution in [0.3, 0.4) is 0 Å². The van der Waals surface area contributed by atoms with Crippen LogP contribution in [0.15, 0.2) is 36.4 Å². The molecule has 0 unspecified atom stereocenters. The molecule has 0 spiro atoms. The molecule has 140 valence electrons. The normalized spacial score (nSPS) is 11.0. The highest BCUT2D eigenvalue weighted by Crippen LogP contribution is 2.39. The topological polar surface area (TPSA) is 54.0 Å². The maximum atomic E-state index is 13.0. The summed E-state index contributed by atoms with van der Waals surface area (Å²) in [6, 6.07) is 7.57. The molecule has 2 aromatic carbocycles. The smallest absolute Gasteiger partial charge is 0.419 e. The zero-order chi connectivity index (χ0) is 19.3. The molecule has 0 heterocycles. The van der Waals surface area contributed by atoms with Gasteiger partial charge in [0, 0.05) is 0 Å². The van der Waals surface area contributed by atoms with E-state index < -0.39 is 23.5 Å². The van der Waals surface area contributed by atoms with Gasteiger partial charge in [0.15, 0.2) is 11.5 Å². The minimum absolute atomic E-state index is 0.275. The van der Waals surface area contributed by atoms with Gasteiger partial charge >= 0.3 is 12.1 Å². The van der Waals surface area contributed by atoms with Crippen molar-refractivity contribution in [3.8, 4) is 23.0 Å². The lowest BCUT2D eigenvalue weighted by Crippen LogP contribution is -2.15. The van der Waals surface area contributed by atoms with Gasteiger partial charge in [0.25, 0.3) is 0 Å². The Morgan fingerprint density at radius 2 is 1.50 bits per heavy atom. The summed E-state index contributed by atoms with van der Waals surface area (Å²) in [7, 11) is 4.26. The summed E-state index contributed by atoms with van der Waals surface area (Å²) < 4.78 is 59.3. The molecule has 0 saturated heterocycles. The van der Waals surface area contributed by atoms with Crippen molar-refractivity contribution >= 4 is 5.97 Å². The summed E-state index contributed by atoms with van der Waals surface area (Å²) in [5.74, 6) is -0.404. The van der Waals surface area contributed by atoms with E-state index in [9.17, 15) is 18.0 Å². The minimum atomic E-state index is -4.62. The molecule has 0 aliphatic rings. The van der Waals surface area contributed by atoms with Crippen LogP contribution in [0.4, 0.5) is 13.2 Å². The number of para-hydroxylation sites is 1. The van der Waals surface area contributed by atoms with Crippen molar-refractivity contribution in [1.29, 1.82) is 0 Å². The molecule has 0 atom stereocenters. The van der Waals surface area contributed by atoms with E-state index in [2.05, 4.69) is 0 Å². The quantitative estimate of drug-likeness (QED) is 0.571. The zero-order valence-electron chi connectivity index (χ0n) is 14.3. The van der Waals surface area contributed by atoms with Crippen LogP contribution < -0.4 is 18.9 Å². The highest BCUT2D eigenvalue weighted by atomic mass is 19.4. The number of rotatable bonds is 6. The maximum absolute atomic E-state index is 13.0. The molecule has 2 aromatic rings. The van der Waals surface area contributed by atoms with Gasteiger partial charge in [-0.25, -0.2) is 0 Å². The molecule has 0 bridgehead atoms. The van der Waals surface area contributed by atoms with E-state index >= 15 is 0 Å². The third-order valence-corrected chi connectivity index (χ3v) is 3.49. The highest BCUT2D eigenvalue weighted by molar-refractivity contribution is 5.76. The third kappa shape index (κ3) is 4.38. The molecule has 0 fully saturated rings. The van der Waals surface area contributed by atoms with Gasteiger partial charge in [-0.1, -0.05) is 12.1 Å². The van der Waals surface area contributed by atoms with E-state index in [4.69, 9.17) is 18.9 Å². The number of alkyl halides is 3. The van der Waals surface area contributed by atoms with Crippen molar-refractivity contribution in [3.05, 3.63) is 47.5 Å². The van der Waals surface area contributed by atoms with E-state index in [0.29, 0.717) is 22.8 Å². The van der Waals surface area contributed by atoms with E-state index in [1.54, 1.807) is 0 Å². The fourth-order valence-corrected chi connectivity index (χ4v) is 2.35. The molecule has 0 saturated carbocycles. The zero-order valence-corrected chi connectivity index (χ0v) is 14.3. The first-order valence-corrected chi connectivity index (χ1v) is 7.46. The largest absolute Gasteiger partial charge is 0.493 e. The molecule has 0 aliphatic heterocycles. The predicted octanol–water partition coefficient (Wildman–Crippen LogP) is 3.88. The van der Waals surface area contributed by atoms with Crippen LogP contribution in [0.1, 0.15) is 11.1 Å². The van der Waals surface area contributed by atoms with Crippen LogP contribution in [0.5, 0.6) is 23.0 Å². The van der Waals surface area contributed by atoms with Gasteiger partial charge in [0.05, 0.1) is 33.3 Å². The lowest BCUT2D eigenvalue weighted by molar-refractivity contribution is -0.142. The number of hydrogen-bond acceptors (Lipinski definition) is 5. The molecule has 5 nitrogen and oxygen atoms in total. The first kappa shape index (κ1) is 19.4. The number of ether oxygens (including phenoxy) is 4. The second kappa shape index (κ2) is 7.99. The Balaban J connectivity index is 2.24. The van der Waals surface area contributed by atoms with Crippen LogP contribution in [0.2, 0.25) is 0 Å². The van der Waals surface area contributed by atoms with E-state index in [0.717, 1.165) is 12.1 Å². The second-order valence-electron chi connectivity index (χ2n) is 5.18. The van der Waals surface area contributed by atoms with E-state index in [1.807, 2.05) is 0 Å². The fourth-order valence-electron chi connectivity index (χ4n) is 2.35. The Labute approximate surface area is 148 Å². The standard InChI is InChI=1S/C18H17F3O5/c1-23-14-8-11(9-15(24-2)17(14)25-3)10-16(22)26-13-7-5-4-6-12(13)18(19,20)21/h4-9H,10H2,1-3H3. The molecule has 0 amide bonds. The van der Waals surface area contributed by atoms with Gasteiger partial charge < -0.3 is 18.9 Å². The average molecular weight is 370 g/mol. The summed E-state index contributed by atoms with van der Waals surface area (Å²) in [5, 5.41) is 0. The van der Waals surface area contributed by atoms with Crippen LogP contribution in [0, 0.1) is 0 Å². The fraction of sp³-hybridized carbons (Fsp3) is 0.278. The Hall–Kier alpha value is -2.90. The number of carbonyl (C=O) groups is 1. The molecule has 0 N–H and O–H groups in total. The lowest BCUT2D eigenvalue weighted by Gasteiger charge is -2.15. The summed E-state index contributed by atoms with van der Waals surface area (Å²) >= 11 is 0. The maximum Gasteiger partial charge on any atom is 0.419 e. The molecule has 0 aliphatic carbocycles. The monoisotopic (exact) mass is 370 g/mol. The molecule has 0 radical (unpaired) electrons. The Morgan fingerprint density at radius 3 is 2.00 bits per heavy atom. The van der Waals surface area contributed by atoms with Gasteiger partial charge in [0.1, 0.15) is 5.75 Å². The van der Waals surface area contributed by atoms with Gasteiger partial charge in [-0.05, 0) is 29.8 Å². The van der Waals surface area contributed by atoms with Crippen LogP contribution >= 0.6 is 0 Å². The predicted molar refractivity (Wildman–Crippen MR) is 86.9 cm³/mol. The van der Waals surface area contributed by atoms with Crippen molar-refractivity contribution < 1.29 is 36.9 Å². The summed E-state index contributed by atoms with van der Waals surface area (Å²) in [6.45, 7) is 0. The molecule has 8 heteroatoms. The minimum Gasteiger partial charge on any atom is -0.493 e. The number of hydrogen-bond donors (Lipinski definition) is 0. The van der Waals surface area contributed by atoms with Gasteiger partial charge in [-0.15, -0.1) is 0 Å². The number of benzene rings is 2. The van der Waals surface area contributed by atoms with E-state index in [-0.39, 0.29) is 6.42 Å². The van der Waals surface area contributed by atoms with Crippen LogP contribution in [-0.2, 0) is 17.4 Å². The third-order valence-electron chi connectivity index (χ3n) is 3.49. The van der Waals surface area contributed by atoms with Crippen LogP contribution in [0.25, 0.3) is 0 Å². The van der Waals surface area contributed by atoms with Gasteiger partial charge in [-0.3, -0.25) is 4.79 Å². The van der Waals surface area contributed by atoms with Crippen molar-refractivity contribution in [2.24, 2.45) is 0 Å². The molecular formula is C18H17F3O5. The van der Waals surface area contributed by atoms with Gasteiger partial charge in [-0.2, -0.15) is 13.2 Å². The Bertz CT molecular complexity index is 762. The molecule has 26 heavy (non-hydrogen) atoms. The van der Waals surface area contributed by atoms with Crippen molar-refractivity contribution in [2.45, 2.75) is 12.6 Å². The van der Waals surface area contributed by atoms with Gasteiger partial charge in [0.2, 0.25) is 5.75 Å². The highest BCUT2D eigenvalue weighted by Gasteiger charge is 2.34. The van der Waals surface area contributed by atoms with E-state index in [1.165, 1.54) is 45.6 Å². The SMILES string of the molecule is COc1cc(CC(=O)Oc2ccccc2C(F)(F)F)cc(OC)c1OC. The average Bonchev–Trinajstić information content (AvgIpc) is 2.60. The second-order valence-corrected chi connectivity index (χ2v) is 5.18. The Kier molecular flexibility index (Phi) is 5.97. The molecular weight excluding hydrogens is 353 g/mol. The Morgan fingerprint density at radius 1 is 0.923 bits per heavy atom. The number of methoxy groups -OCH3 is 3. The van der Waals surface area contributed by atoms with Crippen molar-refractivity contribution in [2.75, 3.05) is 21.3 Å². The summed E-state index contributed by atoms with van der Waals surface area (Å²) in [6.07, 6.45) is -4.90. The summed E-state index contributed by atoms with van der Waals surface area (Å²) in [4.78, 5) is 12.1. The number of carbonyl (C=O) groups excluding carboxylic acids is 1. The first-order chi connectivity index (χ1) is 12.3. The number of esters is 1. The van der Waals surface area contributed by atoms with Crippen LogP contribution in [-0.4, -0.2) is 27.3 Å². The van der Waals surface area contributed by atoms with Crippen molar-refractivity contribution in [3.63, 3.8) is 0 Å². The lowest BCUT2D eigenvalue weighted by atomic mass is 10.1. The molecule has 0 aromatic heterocycles.